The van der Waals surface area contributed by atoms with E-state index in [0.717, 1.165) is 48.3 Å². The average Bonchev–Trinajstić information content (AvgIpc) is 2.94. The summed E-state index contributed by atoms with van der Waals surface area (Å²) in [6, 6.07) is 10.2. The molecule has 2 aromatic heterocycles. The number of rotatable bonds is 8. The first kappa shape index (κ1) is 20.8. The lowest BCUT2D eigenvalue weighted by Crippen LogP contribution is -2.13. The molecule has 3 rings (SSSR count). The van der Waals surface area contributed by atoms with Gasteiger partial charge < -0.3 is 10.1 Å². The molecule has 0 spiro atoms. The Morgan fingerprint density at radius 2 is 1.86 bits per heavy atom. The van der Waals surface area contributed by atoms with Gasteiger partial charge >= 0.3 is 0 Å². The molecule has 0 saturated carbocycles. The van der Waals surface area contributed by atoms with Crippen molar-refractivity contribution >= 4 is 5.82 Å². The van der Waals surface area contributed by atoms with Gasteiger partial charge in [0.15, 0.2) is 0 Å². The number of methoxy groups -OCH3 is 1. The van der Waals surface area contributed by atoms with Crippen molar-refractivity contribution in [3.8, 4) is 5.75 Å². The van der Waals surface area contributed by atoms with Crippen molar-refractivity contribution in [1.29, 1.82) is 0 Å². The van der Waals surface area contributed by atoms with Crippen LogP contribution in [0.25, 0.3) is 0 Å². The van der Waals surface area contributed by atoms with Crippen molar-refractivity contribution in [1.82, 2.24) is 19.7 Å². The van der Waals surface area contributed by atoms with Crippen molar-refractivity contribution < 1.29 is 4.74 Å². The van der Waals surface area contributed by atoms with Crippen LogP contribution in [-0.2, 0) is 13.0 Å². The minimum Gasteiger partial charge on any atom is -0.496 e. The minimum atomic E-state index is 0.240. The van der Waals surface area contributed by atoms with Gasteiger partial charge in [-0.2, -0.15) is 5.10 Å². The van der Waals surface area contributed by atoms with Gasteiger partial charge in [0, 0.05) is 30.8 Å². The minimum absolute atomic E-state index is 0.240. The van der Waals surface area contributed by atoms with Gasteiger partial charge in [0.25, 0.3) is 0 Å². The van der Waals surface area contributed by atoms with E-state index in [9.17, 15) is 0 Å². The fourth-order valence-corrected chi connectivity index (χ4v) is 3.49. The van der Waals surface area contributed by atoms with E-state index in [-0.39, 0.29) is 5.92 Å². The average molecular weight is 394 g/mol. The maximum Gasteiger partial charge on any atom is 0.129 e. The van der Waals surface area contributed by atoms with E-state index in [1.807, 2.05) is 25.1 Å². The molecule has 0 amide bonds. The summed E-state index contributed by atoms with van der Waals surface area (Å²) in [5.41, 5.74) is 5.78. The second-order valence-electron chi connectivity index (χ2n) is 7.59. The van der Waals surface area contributed by atoms with Crippen LogP contribution in [0.15, 0.2) is 30.3 Å². The van der Waals surface area contributed by atoms with E-state index in [2.05, 4.69) is 64.9 Å². The number of para-hydroxylation sites is 1. The fourth-order valence-electron chi connectivity index (χ4n) is 3.49. The number of aromatic nitrogens is 4. The topological polar surface area (TPSA) is 64.9 Å². The Labute approximate surface area is 173 Å². The molecule has 0 fully saturated rings. The van der Waals surface area contributed by atoms with Crippen LogP contribution in [0.2, 0.25) is 0 Å². The highest BCUT2D eigenvalue weighted by Gasteiger charge is 2.15. The fraction of sp³-hybridized carbons (Fsp3) is 0.435. The van der Waals surface area contributed by atoms with Gasteiger partial charge in [0.1, 0.15) is 17.4 Å². The molecule has 0 bridgehead atoms. The Balaban J connectivity index is 1.68. The first-order valence-electron chi connectivity index (χ1n) is 10.1. The Kier molecular flexibility index (Phi) is 6.52. The van der Waals surface area contributed by atoms with Crippen LogP contribution in [0.1, 0.15) is 46.9 Å². The SMILES string of the molecule is COc1ccccc1CCNc1cc([C@@H](C)Cn2nc(C)c(C)c2C)nc(C)n1. The number of anilines is 1. The number of benzene rings is 1. The van der Waals surface area contributed by atoms with E-state index >= 15 is 0 Å². The van der Waals surface area contributed by atoms with Crippen LogP contribution < -0.4 is 10.1 Å². The molecule has 2 heterocycles. The smallest absolute Gasteiger partial charge is 0.129 e. The van der Waals surface area contributed by atoms with Crippen LogP contribution in [0.5, 0.6) is 5.75 Å². The quantitative estimate of drug-likeness (QED) is 0.615. The Morgan fingerprint density at radius 3 is 2.55 bits per heavy atom. The summed E-state index contributed by atoms with van der Waals surface area (Å²) in [7, 11) is 1.71. The molecule has 0 radical (unpaired) electrons. The van der Waals surface area contributed by atoms with Crippen LogP contribution in [0.3, 0.4) is 0 Å². The molecule has 6 heteroatoms. The van der Waals surface area contributed by atoms with Gasteiger partial charge in [-0.3, -0.25) is 4.68 Å². The third-order valence-corrected chi connectivity index (χ3v) is 5.45. The monoisotopic (exact) mass is 393 g/mol. The summed E-state index contributed by atoms with van der Waals surface area (Å²) in [6.07, 6.45) is 0.864. The molecule has 0 aliphatic carbocycles. The van der Waals surface area contributed by atoms with Crippen LogP contribution >= 0.6 is 0 Å². The Hall–Kier alpha value is -2.89. The lowest BCUT2D eigenvalue weighted by Gasteiger charge is -2.15. The van der Waals surface area contributed by atoms with Crippen molar-refractivity contribution in [3.63, 3.8) is 0 Å². The number of hydrogen-bond acceptors (Lipinski definition) is 5. The van der Waals surface area contributed by atoms with Gasteiger partial charge in [-0.1, -0.05) is 25.1 Å². The predicted octanol–water partition coefficient (Wildman–Crippen LogP) is 4.37. The van der Waals surface area contributed by atoms with Crippen molar-refractivity contribution in [2.75, 3.05) is 19.0 Å². The van der Waals surface area contributed by atoms with Crippen LogP contribution in [0, 0.1) is 27.7 Å². The van der Waals surface area contributed by atoms with E-state index < -0.39 is 0 Å². The number of aryl methyl sites for hydroxylation is 2. The van der Waals surface area contributed by atoms with E-state index in [0.29, 0.717) is 0 Å². The summed E-state index contributed by atoms with van der Waals surface area (Å²) in [6.45, 7) is 12.0. The van der Waals surface area contributed by atoms with E-state index in [4.69, 9.17) is 4.74 Å². The molecule has 0 aliphatic heterocycles. The lowest BCUT2D eigenvalue weighted by molar-refractivity contribution is 0.410. The third kappa shape index (κ3) is 4.94. The molecular formula is C23H31N5O. The standard InChI is InChI=1S/C23H31N5O/c1-15(14-28-18(4)16(2)17(3)27-28)21-13-23(26-19(5)25-21)24-12-11-20-9-7-8-10-22(20)29-6/h7-10,13,15H,11-12,14H2,1-6H3,(H,24,25,26)/t15-/m0/s1. The summed E-state index contributed by atoms with van der Waals surface area (Å²) >= 11 is 0. The number of hydrogen-bond donors (Lipinski definition) is 1. The summed E-state index contributed by atoms with van der Waals surface area (Å²) in [4.78, 5) is 9.23. The van der Waals surface area contributed by atoms with Crippen molar-refractivity contribution in [3.05, 3.63) is 64.4 Å². The molecule has 0 saturated heterocycles. The van der Waals surface area contributed by atoms with Gasteiger partial charge in [-0.25, -0.2) is 9.97 Å². The van der Waals surface area contributed by atoms with Crippen molar-refractivity contribution in [2.24, 2.45) is 0 Å². The molecule has 0 unspecified atom stereocenters. The number of nitrogens with zero attached hydrogens (tertiary/aromatic N) is 4. The van der Waals surface area contributed by atoms with Gasteiger partial charge in [-0.05, 0) is 51.3 Å². The Bertz CT molecular complexity index is 979. The molecule has 1 aromatic carbocycles. The first-order valence-corrected chi connectivity index (χ1v) is 10.1. The van der Waals surface area contributed by atoms with E-state index in [1.54, 1.807) is 7.11 Å². The van der Waals surface area contributed by atoms with Crippen molar-refractivity contribution in [2.45, 2.75) is 53.5 Å². The number of nitrogens with one attached hydrogen (secondary N) is 1. The zero-order chi connectivity index (χ0) is 21.0. The number of ether oxygens (including phenoxy) is 1. The first-order chi connectivity index (χ1) is 13.9. The molecule has 154 valence electrons. The lowest BCUT2D eigenvalue weighted by atomic mass is 10.1. The second-order valence-corrected chi connectivity index (χ2v) is 7.59. The molecule has 0 aliphatic rings. The predicted molar refractivity (Wildman–Crippen MR) is 117 cm³/mol. The molecule has 29 heavy (non-hydrogen) atoms. The summed E-state index contributed by atoms with van der Waals surface area (Å²) < 4.78 is 7.52. The maximum absolute atomic E-state index is 5.43. The van der Waals surface area contributed by atoms with Crippen LogP contribution in [0.4, 0.5) is 5.82 Å². The summed E-state index contributed by atoms with van der Waals surface area (Å²) in [5.74, 6) is 2.80. The van der Waals surface area contributed by atoms with Gasteiger partial charge in [0.2, 0.25) is 0 Å². The third-order valence-electron chi connectivity index (χ3n) is 5.45. The molecular weight excluding hydrogens is 362 g/mol. The zero-order valence-electron chi connectivity index (χ0n) is 18.3. The largest absolute Gasteiger partial charge is 0.496 e. The highest BCUT2D eigenvalue weighted by molar-refractivity contribution is 5.39. The highest BCUT2D eigenvalue weighted by Crippen LogP contribution is 2.21. The van der Waals surface area contributed by atoms with Gasteiger partial charge in [0.05, 0.1) is 18.5 Å². The van der Waals surface area contributed by atoms with Gasteiger partial charge in [-0.15, -0.1) is 0 Å². The summed E-state index contributed by atoms with van der Waals surface area (Å²) in [5, 5.41) is 8.11. The maximum atomic E-state index is 5.43. The normalized spacial score (nSPS) is 12.1. The molecule has 1 atom stereocenters. The molecule has 6 nitrogen and oxygen atoms in total. The molecule has 1 N–H and O–H groups in total. The second kappa shape index (κ2) is 9.07. The van der Waals surface area contributed by atoms with E-state index in [1.165, 1.54) is 16.8 Å². The zero-order valence-corrected chi connectivity index (χ0v) is 18.3. The van der Waals surface area contributed by atoms with Crippen LogP contribution in [-0.4, -0.2) is 33.4 Å². The Morgan fingerprint density at radius 1 is 1.10 bits per heavy atom. The molecule has 3 aromatic rings. The highest BCUT2D eigenvalue weighted by atomic mass is 16.5.